The number of hydrogen-bond donors (Lipinski definition) is 3. The van der Waals surface area contributed by atoms with Crippen molar-refractivity contribution >= 4 is 38.8 Å². The van der Waals surface area contributed by atoms with Gasteiger partial charge in [-0.05, 0) is 62.3 Å². The molecule has 0 fully saturated rings. The number of amides is 2. The van der Waals surface area contributed by atoms with Crippen molar-refractivity contribution in [1.29, 1.82) is 0 Å². The van der Waals surface area contributed by atoms with E-state index in [0.717, 1.165) is 52.9 Å². The van der Waals surface area contributed by atoms with Gasteiger partial charge in [-0.1, -0.05) is 0 Å². The fourth-order valence-corrected chi connectivity index (χ4v) is 5.91. The molecule has 2 aliphatic carbocycles. The van der Waals surface area contributed by atoms with Crippen molar-refractivity contribution in [3.05, 3.63) is 39.5 Å². The Balaban J connectivity index is 1.65. The summed E-state index contributed by atoms with van der Waals surface area (Å²) in [6.07, 6.45) is 5.00. The molecule has 0 saturated heterocycles. The number of rotatable bonds is 3. The van der Waals surface area contributed by atoms with Gasteiger partial charge in [0.25, 0.3) is 0 Å². The highest BCUT2D eigenvalue weighted by Crippen LogP contribution is 2.38. The number of hydrogen-bond acceptors (Lipinski definition) is 6. The average Bonchev–Trinajstić information content (AvgIpc) is 3.32. The molecule has 29 heavy (non-hydrogen) atoms. The first-order chi connectivity index (χ1) is 13.6. The number of carbonyl (C=O) groups excluding carboxylic acids is 2. The van der Waals surface area contributed by atoms with Crippen molar-refractivity contribution in [3.8, 4) is 0 Å². The van der Waals surface area contributed by atoms with Gasteiger partial charge in [-0.2, -0.15) is 0 Å². The van der Waals surface area contributed by atoms with E-state index in [1.165, 1.54) is 6.20 Å². The Hall–Kier alpha value is -2.14. The van der Waals surface area contributed by atoms with Crippen molar-refractivity contribution in [2.45, 2.75) is 55.8 Å². The molecule has 0 radical (unpaired) electrons. The smallest absolute Gasteiger partial charge is 0.354 e. The van der Waals surface area contributed by atoms with Crippen LogP contribution in [0.5, 0.6) is 0 Å². The number of aliphatic hydroxyl groups is 1. The van der Waals surface area contributed by atoms with E-state index in [2.05, 4.69) is 14.7 Å². The van der Waals surface area contributed by atoms with Gasteiger partial charge in [0, 0.05) is 17.7 Å². The van der Waals surface area contributed by atoms with Crippen LogP contribution in [0.1, 0.15) is 58.7 Å². The van der Waals surface area contributed by atoms with Crippen molar-refractivity contribution in [1.82, 2.24) is 4.98 Å². The maximum absolute atomic E-state index is 12.8. The molecule has 2 amide bonds. The number of thiazole rings is 1. The summed E-state index contributed by atoms with van der Waals surface area (Å²) >= 11 is 0.952. The molecule has 0 saturated carbocycles. The second kappa shape index (κ2) is 6.98. The van der Waals surface area contributed by atoms with Crippen LogP contribution in [0.15, 0.2) is 20.8 Å². The van der Waals surface area contributed by atoms with E-state index in [-0.39, 0.29) is 9.99 Å². The Morgan fingerprint density at radius 3 is 2.76 bits per heavy atom. The molecule has 2 aliphatic rings. The van der Waals surface area contributed by atoms with Gasteiger partial charge in [-0.3, -0.25) is 4.79 Å². The summed E-state index contributed by atoms with van der Waals surface area (Å²) in [6, 6.07) is 1.06. The largest absolute Gasteiger partial charge is 0.383 e. The van der Waals surface area contributed by atoms with Crippen LogP contribution in [0, 0.1) is 0 Å². The lowest BCUT2D eigenvalue weighted by atomic mass is 9.97. The van der Waals surface area contributed by atoms with Gasteiger partial charge in [0.15, 0.2) is 15.7 Å². The molecular formula is C19H22N4O4S2. The Morgan fingerprint density at radius 1 is 1.31 bits per heavy atom. The van der Waals surface area contributed by atoms with Gasteiger partial charge < -0.3 is 10.4 Å². The Labute approximate surface area is 172 Å². The predicted octanol–water partition coefficient (Wildman–Crippen LogP) is 2.92. The molecular weight excluding hydrogens is 412 g/mol. The van der Waals surface area contributed by atoms with E-state index in [9.17, 15) is 18.9 Å². The summed E-state index contributed by atoms with van der Waals surface area (Å²) in [4.78, 5) is 28.9. The molecule has 1 heterocycles. The zero-order chi connectivity index (χ0) is 21.0. The molecule has 1 aromatic heterocycles. The molecule has 4 N–H and O–H groups in total. The fraction of sp³-hybridized carbons (Fsp3) is 0.421. The van der Waals surface area contributed by atoms with Crippen LogP contribution in [0.4, 0.5) is 10.5 Å². The predicted molar refractivity (Wildman–Crippen MR) is 111 cm³/mol. The third-order valence-corrected chi connectivity index (χ3v) is 8.34. The molecule has 0 unspecified atom stereocenters. The molecule has 154 valence electrons. The Morgan fingerprint density at radius 2 is 2.07 bits per heavy atom. The van der Waals surface area contributed by atoms with E-state index in [1.54, 1.807) is 13.8 Å². The van der Waals surface area contributed by atoms with Crippen LogP contribution in [0.2, 0.25) is 0 Å². The number of Topliss-reactive ketones (excluding diaryl/α,β-unsaturated/α-hetero) is 1. The number of nitrogens with zero attached hydrogens (tertiary/aromatic N) is 2. The minimum absolute atomic E-state index is 0.109. The maximum atomic E-state index is 12.8. The molecule has 4 rings (SSSR count). The minimum atomic E-state index is -3.51. The van der Waals surface area contributed by atoms with Crippen molar-refractivity contribution < 1.29 is 18.9 Å². The second-order valence-corrected chi connectivity index (χ2v) is 10.9. The molecule has 0 aliphatic heterocycles. The van der Waals surface area contributed by atoms with E-state index < -0.39 is 21.5 Å². The zero-order valence-electron chi connectivity index (χ0n) is 16.2. The maximum Gasteiger partial charge on any atom is 0.354 e. The highest BCUT2D eigenvalue weighted by molar-refractivity contribution is 7.93. The van der Waals surface area contributed by atoms with Gasteiger partial charge in [0.05, 0.1) is 6.20 Å². The van der Waals surface area contributed by atoms with E-state index >= 15 is 0 Å². The second-order valence-electron chi connectivity index (χ2n) is 7.83. The molecule has 0 bridgehead atoms. The van der Waals surface area contributed by atoms with E-state index in [0.29, 0.717) is 23.5 Å². The van der Waals surface area contributed by atoms with Crippen LogP contribution in [0.25, 0.3) is 0 Å². The number of carbonyl (C=O) groups is 2. The van der Waals surface area contributed by atoms with Crippen LogP contribution in [-0.2, 0) is 34.8 Å². The van der Waals surface area contributed by atoms with Crippen LogP contribution in [0.3, 0.4) is 0 Å². The summed E-state index contributed by atoms with van der Waals surface area (Å²) in [7, 11) is -3.51. The first kappa shape index (κ1) is 20.1. The van der Waals surface area contributed by atoms with Gasteiger partial charge in [0.1, 0.15) is 14.8 Å². The van der Waals surface area contributed by atoms with Gasteiger partial charge >= 0.3 is 6.03 Å². The lowest BCUT2D eigenvalue weighted by Gasteiger charge is -2.13. The normalized spacial score (nSPS) is 17.6. The summed E-state index contributed by atoms with van der Waals surface area (Å²) in [5, 5.41) is 18.8. The van der Waals surface area contributed by atoms with Crippen molar-refractivity contribution in [2.75, 3.05) is 5.32 Å². The number of benzene rings is 1. The number of nitrogens with one attached hydrogen (secondary N) is 1. The van der Waals surface area contributed by atoms with Crippen LogP contribution in [-0.4, -0.2) is 26.1 Å². The summed E-state index contributed by atoms with van der Waals surface area (Å²) < 4.78 is 16.6. The monoisotopic (exact) mass is 434 g/mol. The molecule has 8 nitrogen and oxygen atoms in total. The van der Waals surface area contributed by atoms with E-state index in [4.69, 9.17) is 5.14 Å². The molecule has 0 spiro atoms. The number of anilines is 1. The lowest BCUT2D eigenvalue weighted by molar-refractivity contribution is 0.0782. The molecule has 2 aromatic rings. The summed E-state index contributed by atoms with van der Waals surface area (Å²) in [5.74, 6) is 0.109. The van der Waals surface area contributed by atoms with Crippen molar-refractivity contribution in [3.63, 3.8) is 0 Å². The fourth-order valence-electron chi connectivity index (χ4n) is 3.84. The first-order valence-electron chi connectivity index (χ1n) is 9.31. The lowest BCUT2D eigenvalue weighted by Crippen LogP contribution is -2.18. The number of aryl methyl sites for hydroxylation is 1. The van der Waals surface area contributed by atoms with Gasteiger partial charge in [0.2, 0.25) is 0 Å². The quantitative estimate of drug-likeness (QED) is 0.683. The van der Waals surface area contributed by atoms with Gasteiger partial charge in [-0.15, -0.1) is 15.7 Å². The number of urea groups is 1. The van der Waals surface area contributed by atoms with Crippen LogP contribution >= 0.6 is 11.3 Å². The number of fused-ring (bicyclic) bond motifs is 3. The van der Waals surface area contributed by atoms with Gasteiger partial charge in [-0.25, -0.2) is 19.1 Å². The Bertz CT molecular complexity index is 1150. The topological polar surface area (TPSA) is 135 Å². The standard InChI is InChI=1S/C19H22N4O4S2/c1-19(2,26)17-21-9-15(28-17)29(20,27)23-18(25)22-13-8-10-4-3-5-11(10)16-12(13)6-7-14(16)24/h8-9,26H,3-7H2,1-2H3,(H3,20,22,23,25,27)/t29-/m1/s1. The number of nitrogens with two attached hydrogens (primary N) is 1. The SMILES string of the molecule is CC(C)(O)c1ncc([S@](N)(=O)=NC(=O)Nc2cc3c(c4c2CCC4=O)CCC3)s1. The summed E-state index contributed by atoms with van der Waals surface area (Å²) in [6.45, 7) is 3.10. The van der Waals surface area contributed by atoms with E-state index in [1.807, 2.05) is 6.07 Å². The molecule has 10 heteroatoms. The van der Waals surface area contributed by atoms with Crippen LogP contribution < -0.4 is 10.5 Å². The third-order valence-electron chi connectivity index (χ3n) is 5.14. The summed E-state index contributed by atoms with van der Waals surface area (Å²) in [5.41, 5.74) is 3.06. The third kappa shape index (κ3) is 3.73. The Kier molecular flexibility index (Phi) is 4.85. The highest BCUT2D eigenvalue weighted by Gasteiger charge is 2.30. The number of ketones is 1. The zero-order valence-corrected chi connectivity index (χ0v) is 17.8. The number of aromatic nitrogens is 1. The van der Waals surface area contributed by atoms with Crippen molar-refractivity contribution in [2.24, 2.45) is 9.50 Å². The molecule has 1 aromatic carbocycles. The molecule has 1 atom stereocenters. The highest BCUT2D eigenvalue weighted by atomic mass is 32.2. The minimum Gasteiger partial charge on any atom is -0.383 e. The first-order valence-corrected chi connectivity index (χ1v) is 11.7. The average molecular weight is 435 g/mol.